The predicted octanol–water partition coefficient (Wildman–Crippen LogP) is 1.09. The van der Waals surface area contributed by atoms with Crippen LogP contribution in [0.2, 0.25) is 0 Å². The van der Waals surface area contributed by atoms with Crippen LogP contribution in [0, 0.1) is 12.8 Å². The van der Waals surface area contributed by atoms with Crippen LogP contribution in [0.25, 0.3) is 0 Å². The predicted molar refractivity (Wildman–Crippen MR) is 66.4 cm³/mol. The first kappa shape index (κ1) is 13.1. The van der Waals surface area contributed by atoms with E-state index in [9.17, 15) is 4.79 Å². The number of amides is 1. The number of aromatic nitrogens is 1. The van der Waals surface area contributed by atoms with Crippen molar-refractivity contribution in [3.05, 3.63) is 16.1 Å². The van der Waals surface area contributed by atoms with Crippen molar-refractivity contribution in [2.45, 2.75) is 33.2 Å². The summed E-state index contributed by atoms with van der Waals surface area (Å²) in [6, 6.07) is -0.110. The van der Waals surface area contributed by atoms with Gasteiger partial charge in [-0.05, 0) is 13.8 Å². The Kier molecular flexibility index (Phi) is 4.89. The molecule has 1 aromatic rings. The van der Waals surface area contributed by atoms with Crippen LogP contribution in [0.1, 0.15) is 24.5 Å². The lowest BCUT2D eigenvalue weighted by molar-refractivity contribution is -0.124. The third kappa shape index (κ3) is 3.90. The summed E-state index contributed by atoms with van der Waals surface area (Å²) in [6.45, 7) is 6.28. The fraction of sp³-hybridized carbons (Fsp3) is 0.636. The van der Waals surface area contributed by atoms with E-state index in [1.54, 1.807) is 11.3 Å². The maximum atomic E-state index is 11.6. The zero-order chi connectivity index (χ0) is 12.1. The Balaban J connectivity index is 2.28. The van der Waals surface area contributed by atoms with Gasteiger partial charge in [-0.25, -0.2) is 4.98 Å². The SMILES string of the molecule is Cc1nc(CCNC(=O)C(C)C(C)N)cs1. The Bertz CT molecular complexity index is 349. The molecule has 1 amide bonds. The molecule has 0 radical (unpaired) electrons. The lowest BCUT2D eigenvalue weighted by Gasteiger charge is -2.14. The molecule has 0 aromatic carbocycles. The molecular formula is C11H19N3OS. The molecule has 0 fully saturated rings. The van der Waals surface area contributed by atoms with Crippen LogP contribution in [0.4, 0.5) is 0 Å². The molecule has 0 bridgehead atoms. The van der Waals surface area contributed by atoms with E-state index in [0.717, 1.165) is 17.1 Å². The first-order valence-electron chi connectivity index (χ1n) is 5.45. The van der Waals surface area contributed by atoms with E-state index in [4.69, 9.17) is 5.73 Å². The van der Waals surface area contributed by atoms with E-state index in [-0.39, 0.29) is 17.9 Å². The van der Waals surface area contributed by atoms with Crippen LogP contribution in [0.3, 0.4) is 0 Å². The maximum Gasteiger partial charge on any atom is 0.224 e. The molecule has 3 N–H and O–H groups in total. The molecule has 0 saturated heterocycles. The third-order valence-corrected chi connectivity index (χ3v) is 3.37. The number of nitrogens with one attached hydrogen (secondary N) is 1. The first-order valence-corrected chi connectivity index (χ1v) is 6.33. The number of nitrogens with zero attached hydrogens (tertiary/aromatic N) is 1. The maximum absolute atomic E-state index is 11.6. The summed E-state index contributed by atoms with van der Waals surface area (Å²) >= 11 is 1.63. The topological polar surface area (TPSA) is 68.0 Å². The number of hydrogen-bond acceptors (Lipinski definition) is 4. The molecule has 2 atom stereocenters. The minimum absolute atomic E-state index is 0.0157. The second kappa shape index (κ2) is 5.96. The summed E-state index contributed by atoms with van der Waals surface area (Å²) in [5.41, 5.74) is 6.69. The van der Waals surface area contributed by atoms with Crippen molar-refractivity contribution < 1.29 is 4.79 Å². The van der Waals surface area contributed by atoms with Crippen LogP contribution >= 0.6 is 11.3 Å². The zero-order valence-corrected chi connectivity index (χ0v) is 10.8. The number of carbonyl (C=O) groups is 1. The number of rotatable bonds is 5. The van der Waals surface area contributed by atoms with Gasteiger partial charge in [-0.15, -0.1) is 11.3 Å². The number of thiazole rings is 1. The van der Waals surface area contributed by atoms with Crippen molar-refractivity contribution in [2.75, 3.05) is 6.54 Å². The molecule has 0 aliphatic rings. The zero-order valence-electron chi connectivity index (χ0n) is 9.99. The van der Waals surface area contributed by atoms with Crippen molar-refractivity contribution >= 4 is 17.2 Å². The molecule has 90 valence electrons. The Hall–Kier alpha value is -0.940. The molecule has 0 aliphatic heterocycles. The van der Waals surface area contributed by atoms with Crippen LogP contribution < -0.4 is 11.1 Å². The first-order chi connectivity index (χ1) is 7.50. The summed E-state index contributed by atoms with van der Waals surface area (Å²) < 4.78 is 0. The number of carbonyl (C=O) groups excluding carboxylic acids is 1. The molecule has 4 nitrogen and oxygen atoms in total. The molecule has 16 heavy (non-hydrogen) atoms. The van der Waals surface area contributed by atoms with Crippen molar-refractivity contribution in [3.63, 3.8) is 0 Å². The van der Waals surface area contributed by atoms with E-state index in [1.165, 1.54) is 0 Å². The Morgan fingerprint density at radius 1 is 1.62 bits per heavy atom. The van der Waals surface area contributed by atoms with Gasteiger partial charge in [-0.2, -0.15) is 0 Å². The van der Waals surface area contributed by atoms with Crippen LogP contribution in [0.15, 0.2) is 5.38 Å². The van der Waals surface area contributed by atoms with Gasteiger partial charge >= 0.3 is 0 Å². The van der Waals surface area contributed by atoms with E-state index in [1.807, 2.05) is 26.2 Å². The molecule has 0 saturated carbocycles. The molecule has 1 heterocycles. The number of nitrogens with two attached hydrogens (primary N) is 1. The summed E-state index contributed by atoms with van der Waals surface area (Å²) in [6.07, 6.45) is 0.780. The van der Waals surface area contributed by atoms with Crippen molar-refractivity contribution in [1.29, 1.82) is 0 Å². The summed E-state index contributed by atoms with van der Waals surface area (Å²) in [5.74, 6) is -0.126. The lowest BCUT2D eigenvalue weighted by Crippen LogP contribution is -2.39. The smallest absolute Gasteiger partial charge is 0.224 e. The van der Waals surface area contributed by atoms with Gasteiger partial charge in [0.05, 0.1) is 10.7 Å². The fourth-order valence-electron chi connectivity index (χ4n) is 1.24. The van der Waals surface area contributed by atoms with Crippen LogP contribution in [-0.2, 0) is 11.2 Å². The van der Waals surface area contributed by atoms with E-state index in [0.29, 0.717) is 6.54 Å². The Morgan fingerprint density at radius 3 is 2.81 bits per heavy atom. The quantitative estimate of drug-likeness (QED) is 0.811. The van der Waals surface area contributed by atoms with Crippen molar-refractivity contribution in [1.82, 2.24) is 10.3 Å². The van der Waals surface area contributed by atoms with Gasteiger partial charge in [0.1, 0.15) is 0 Å². The van der Waals surface area contributed by atoms with E-state index in [2.05, 4.69) is 10.3 Å². The molecule has 2 unspecified atom stereocenters. The minimum atomic E-state index is -0.142. The van der Waals surface area contributed by atoms with Gasteiger partial charge in [0.25, 0.3) is 0 Å². The largest absolute Gasteiger partial charge is 0.355 e. The van der Waals surface area contributed by atoms with E-state index >= 15 is 0 Å². The van der Waals surface area contributed by atoms with Gasteiger partial charge in [0.15, 0.2) is 0 Å². The van der Waals surface area contributed by atoms with Gasteiger partial charge in [0, 0.05) is 30.3 Å². The molecule has 0 aliphatic carbocycles. The monoisotopic (exact) mass is 241 g/mol. The van der Waals surface area contributed by atoms with Gasteiger partial charge in [-0.3, -0.25) is 4.79 Å². The van der Waals surface area contributed by atoms with Crippen molar-refractivity contribution in [3.8, 4) is 0 Å². The van der Waals surface area contributed by atoms with Crippen LogP contribution in [0.5, 0.6) is 0 Å². The third-order valence-electron chi connectivity index (χ3n) is 2.55. The Labute approximate surface area is 100 Å². The number of aryl methyl sites for hydroxylation is 1. The molecule has 5 heteroatoms. The average molecular weight is 241 g/mol. The highest BCUT2D eigenvalue weighted by atomic mass is 32.1. The average Bonchev–Trinajstić information content (AvgIpc) is 2.62. The molecule has 1 aromatic heterocycles. The highest BCUT2D eigenvalue weighted by Gasteiger charge is 2.16. The fourth-order valence-corrected chi connectivity index (χ4v) is 1.88. The van der Waals surface area contributed by atoms with Crippen LogP contribution in [-0.4, -0.2) is 23.5 Å². The molecular weight excluding hydrogens is 222 g/mol. The van der Waals surface area contributed by atoms with Crippen molar-refractivity contribution in [2.24, 2.45) is 11.7 Å². The Morgan fingerprint density at radius 2 is 2.31 bits per heavy atom. The summed E-state index contributed by atoms with van der Waals surface area (Å²) in [4.78, 5) is 15.9. The number of hydrogen-bond donors (Lipinski definition) is 2. The summed E-state index contributed by atoms with van der Waals surface area (Å²) in [5, 5.41) is 5.95. The molecule has 1 rings (SSSR count). The van der Waals surface area contributed by atoms with Gasteiger partial charge < -0.3 is 11.1 Å². The highest BCUT2D eigenvalue weighted by Crippen LogP contribution is 2.08. The minimum Gasteiger partial charge on any atom is -0.355 e. The van der Waals surface area contributed by atoms with Gasteiger partial charge in [0.2, 0.25) is 5.91 Å². The highest BCUT2D eigenvalue weighted by molar-refractivity contribution is 7.09. The molecule has 0 spiro atoms. The normalized spacial score (nSPS) is 14.5. The standard InChI is InChI=1S/C11H19N3OS/c1-7(8(2)12)11(15)13-5-4-10-6-16-9(3)14-10/h6-8H,4-5,12H2,1-3H3,(H,13,15). The lowest BCUT2D eigenvalue weighted by atomic mass is 10.0. The second-order valence-corrected chi connectivity index (χ2v) is 5.11. The van der Waals surface area contributed by atoms with Gasteiger partial charge in [-0.1, -0.05) is 6.92 Å². The summed E-state index contributed by atoms with van der Waals surface area (Å²) in [7, 11) is 0. The van der Waals surface area contributed by atoms with E-state index < -0.39 is 0 Å². The second-order valence-electron chi connectivity index (χ2n) is 4.05.